The van der Waals surface area contributed by atoms with Gasteiger partial charge in [-0.2, -0.15) is 0 Å². The Labute approximate surface area is 92.4 Å². The minimum absolute atomic E-state index is 0.0151. The second-order valence-corrected chi connectivity index (χ2v) is 3.38. The third-order valence-electron chi connectivity index (χ3n) is 1.64. The summed E-state index contributed by atoms with van der Waals surface area (Å²) in [6.45, 7) is 0. The molecule has 0 saturated carbocycles. The number of carbonyl (C=O) groups is 1. The van der Waals surface area contributed by atoms with E-state index in [0.29, 0.717) is 17.3 Å². The van der Waals surface area contributed by atoms with Gasteiger partial charge in [-0.25, -0.2) is 8.78 Å². The highest BCUT2D eigenvalue weighted by atomic mass is 79.9. The van der Waals surface area contributed by atoms with Crippen molar-refractivity contribution in [3.63, 3.8) is 0 Å². The highest BCUT2D eigenvalue weighted by Gasteiger charge is 2.18. The molecule has 0 aromatic carbocycles. The maximum Gasteiger partial charge on any atom is 0.266 e. The van der Waals surface area contributed by atoms with Crippen LogP contribution in [-0.2, 0) is 5.33 Å². The summed E-state index contributed by atoms with van der Waals surface area (Å²) >= 11 is 8.69. The molecule has 0 aliphatic heterocycles. The number of rotatable bonds is 3. The van der Waals surface area contributed by atoms with Gasteiger partial charge < -0.3 is 0 Å². The van der Waals surface area contributed by atoms with E-state index in [1.165, 1.54) is 0 Å². The van der Waals surface area contributed by atoms with Crippen LogP contribution < -0.4 is 0 Å². The summed E-state index contributed by atoms with van der Waals surface area (Å²) in [5.41, 5.74) is -0.0470. The molecule has 0 bridgehead atoms. The first kappa shape index (κ1) is 11.5. The highest BCUT2D eigenvalue weighted by Crippen LogP contribution is 2.30. The maximum absolute atomic E-state index is 12.3. The molecule has 0 aliphatic carbocycles. The third-order valence-corrected chi connectivity index (χ3v) is 2.59. The minimum Gasteiger partial charge on any atom is -0.298 e. The average molecular weight is 284 g/mol. The lowest BCUT2D eigenvalue weighted by Gasteiger charge is -2.07. The molecular formula is C8H5BrClF2NO. The molecule has 0 N–H and O–H groups in total. The summed E-state index contributed by atoms with van der Waals surface area (Å²) < 4.78 is 24.7. The number of aldehydes is 1. The van der Waals surface area contributed by atoms with Gasteiger partial charge in [0.2, 0.25) is 0 Å². The van der Waals surface area contributed by atoms with Crippen LogP contribution in [0.2, 0.25) is 5.02 Å². The van der Waals surface area contributed by atoms with E-state index in [1.54, 1.807) is 0 Å². The molecule has 1 aromatic heterocycles. The first-order chi connectivity index (χ1) is 6.61. The summed E-state index contributed by atoms with van der Waals surface area (Å²) in [5, 5.41) is 0.0732. The molecule has 14 heavy (non-hydrogen) atoms. The Hall–Kier alpha value is -0.550. The van der Waals surface area contributed by atoms with Crippen LogP contribution in [0.5, 0.6) is 0 Å². The van der Waals surface area contributed by atoms with Crippen molar-refractivity contribution >= 4 is 33.8 Å². The van der Waals surface area contributed by atoms with E-state index < -0.39 is 12.0 Å². The summed E-state index contributed by atoms with van der Waals surface area (Å²) in [7, 11) is 0. The van der Waals surface area contributed by atoms with Gasteiger partial charge in [-0.05, 0) is 0 Å². The number of halogens is 4. The van der Waals surface area contributed by atoms with E-state index in [9.17, 15) is 13.6 Å². The monoisotopic (exact) mass is 283 g/mol. The van der Waals surface area contributed by atoms with E-state index in [0.717, 1.165) is 6.20 Å². The Bertz CT molecular complexity index is 359. The Morgan fingerprint density at radius 1 is 1.64 bits per heavy atom. The van der Waals surface area contributed by atoms with Gasteiger partial charge in [0.05, 0.1) is 21.8 Å². The zero-order chi connectivity index (χ0) is 10.7. The van der Waals surface area contributed by atoms with Crippen LogP contribution >= 0.6 is 27.5 Å². The quantitative estimate of drug-likeness (QED) is 0.629. The molecule has 1 rings (SSSR count). The number of pyridine rings is 1. The first-order valence-electron chi connectivity index (χ1n) is 3.58. The van der Waals surface area contributed by atoms with Crippen molar-refractivity contribution in [2.75, 3.05) is 0 Å². The highest BCUT2D eigenvalue weighted by molar-refractivity contribution is 9.08. The van der Waals surface area contributed by atoms with Crippen LogP contribution in [0.15, 0.2) is 6.20 Å². The summed E-state index contributed by atoms with van der Waals surface area (Å²) in [6, 6.07) is 0. The van der Waals surface area contributed by atoms with Crippen molar-refractivity contribution in [2.24, 2.45) is 0 Å². The van der Waals surface area contributed by atoms with Crippen molar-refractivity contribution in [3.05, 3.63) is 28.0 Å². The van der Waals surface area contributed by atoms with Gasteiger partial charge >= 0.3 is 0 Å². The molecule has 0 amide bonds. The van der Waals surface area contributed by atoms with Crippen molar-refractivity contribution < 1.29 is 13.6 Å². The molecule has 0 saturated heterocycles. The number of hydrogen-bond acceptors (Lipinski definition) is 2. The summed E-state index contributed by atoms with van der Waals surface area (Å²) in [4.78, 5) is 14.3. The Morgan fingerprint density at radius 3 is 2.71 bits per heavy atom. The summed E-state index contributed by atoms with van der Waals surface area (Å²) in [5.74, 6) is 0. The van der Waals surface area contributed by atoms with Crippen molar-refractivity contribution in [1.29, 1.82) is 0 Å². The van der Waals surface area contributed by atoms with Crippen molar-refractivity contribution in [3.8, 4) is 0 Å². The molecule has 0 atom stereocenters. The van der Waals surface area contributed by atoms with Crippen LogP contribution in [0.1, 0.15) is 28.0 Å². The maximum atomic E-state index is 12.3. The molecule has 0 unspecified atom stereocenters. The third kappa shape index (κ3) is 2.09. The van der Waals surface area contributed by atoms with Gasteiger partial charge in [0.1, 0.15) is 0 Å². The molecule has 2 nitrogen and oxygen atoms in total. The minimum atomic E-state index is -2.72. The number of nitrogens with zero attached hydrogens (tertiary/aromatic N) is 1. The van der Waals surface area contributed by atoms with E-state index in [2.05, 4.69) is 20.9 Å². The van der Waals surface area contributed by atoms with Gasteiger partial charge in [-0.1, -0.05) is 27.5 Å². The van der Waals surface area contributed by atoms with Gasteiger partial charge in [-0.3, -0.25) is 9.78 Å². The Kier molecular flexibility index (Phi) is 3.95. The van der Waals surface area contributed by atoms with Crippen LogP contribution in [-0.4, -0.2) is 11.3 Å². The van der Waals surface area contributed by atoms with Crippen LogP contribution in [0.3, 0.4) is 0 Å². The van der Waals surface area contributed by atoms with Gasteiger partial charge in [-0.15, -0.1) is 0 Å². The number of alkyl halides is 3. The lowest BCUT2D eigenvalue weighted by molar-refractivity contribution is 0.112. The SMILES string of the molecule is O=Cc1c(CBr)ncc(C(F)F)c1Cl. The van der Waals surface area contributed by atoms with Gasteiger partial charge in [0.25, 0.3) is 6.43 Å². The van der Waals surface area contributed by atoms with E-state index in [-0.39, 0.29) is 10.6 Å². The lowest BCUT2D eigenvalue weighted by Crippen LogP contribution is -1.99. The van der Waals surface area contributed by atoms with Crippen LogP contribution in [0.4, 0.5) is 8.78 Å². The molecule has 76 valence electrons. The molecular weight excluding hydrogens is 279 g/mol. The Balaban J connectivity index is 3.34. The average Bonchev–Trinajstić information content (AvgIpc) is 2.16. The fraction of sp³-hybridized carbons (Fsp3) is 0.250. The first-order valence-corrected chi connectivity index (χ1v) is 5.08. The zero-order valence-corrected chi connectivity index (χ0v) is 9.15. The molecule has 6 heteroatoms. The van der Waals surface area contributed by atoms with E-state index in [4.69, 9.17) is 11.6 Å². The fourth-order valence-electron chi connectivity index (χ4n) is 0.934. The van der Waals surface area contributed by atoms with Crippen molar-refractivity contribution in [1.82, 2.24) is 4.98 Å². The number of hydrogen-bond donors (Lipinski definition) is 0. The van der Waals surface area contributed by atoms with Crippen LogP contribution in [0.25, 0.3) is 0 Å². The number of carbonyl (C=O) groups excluding carboxylic acids is 1. The lowest BCUT2D eigenvalue weighted by atomic mass is 10.1. The predicted molar refractivity (Wildman–Crippen MR) is 52.2 cm³/mol. The molecule has 1 aromatic rings. The van der Waals surface area contributed by atoms with E-state index in [1.807, 2.05) is 0 Å². The normalized spacial score (nSPS) is 10.6. The largest absolute Gasteiger partial charge is 0.298 e. The second kappa shape index (κ2) is 4.79. The van der Waals surface area contributed by atoms with Gasteiger partial charge in [0, 0.05) is 11.5 Å². The summed E-state index contributed by atoms with van der Waals surface area (Å²) in [6.07, 6.45) is -1.31. The molecule has 1 heterocycles. The van der Waals surface area contributed by atoms with Crippen LogP contribution in [0, 0.1) is 0 Å². The molecule has 0 radical (unpaired) electrons. The predicted octanol–water partition coefficient (Wildman–Crippen LogP) is 3.38. The second-order valence-electron chi connectivity index (χ2n) is 2.44. The molecule has 0 fully saturated rings. The van der Waals surface area contributed by atoms with Crippen molar-refractivity contribution in [2.45, 2.75) is 11.8 Å². The van der Waals surface area contributed by atoms with Gasteiger partial charge in [0.15, 0.2) is 6.29 Å². The standard InChI is InChI=1S/C8H5BrClF2NO/c9-1-6-5(3-14)7(10)4(2-13-6)8(11)12/h2-3,8H,1H2. The fourth-order valence-corrected chi connectivity index (χ4v) is 1.67. The molecule has 0 spiro atoms. The number of aromatic nitrogens is 1. The topological polar surface area (TPSA) is 30.0 Å². The Morgan fingerprint density at radius 2 is 2.29 bits per heavy atom. The zero-order valence-electron chi connectivity index (χ0n) is 6.81. The van der Waals surface area contributed by atoms with E-state index >= 15 is 0 Å². The smallest absolute Gasteiger partial charge is 0.266 e. The molecule has 0 aliphatic rings.